The lowest BCUT2D eigenvalue weighted by Crippen LogP contribution is -2.38. The van der Waals surface area contributed by atoms with E-state index in [0.29, 0.717) is 12.5 Å². The second-order valence-corrected chi connectivity index (χ2v) is 3.89. The topological polar surface area (TPSA) is 66.6 Å². The molecule has 0 spiro atoms. The number of nitrogens with two attached hydrogens (primary N) is 1. The highest BCUT2D eigenvalue weighted by Crippen LogP contribution is 2.16. The van der Waals surface area contributed by atoms with Gasteiger partial charge >= 0.3 is 0 Å². The van der Waals surface area contributed by atoms with Crippen molar-refractivity contribution in [2.45, 2.75) is 25.9 Å². The molecule has 2 unspecified atom stereocenters. The first kappa shape index (κ1) is 10.5. The number of carbonyl (C=O) groups excluding carboxylic acids is 1. The Hall–Kier alpha value is -0.610. The highest BCUT2D eigenvalue weighted by molar-refractivity contribution is 5.75. The van der Waals surface area contributed by atoms with E-state index in [0.717, 1.165) is 19.4 Å². The zero-order valence-corrected chi connectivity index (χ0v) is 8.07. The fourth-order valence-electron chi connectivity index (χ4n) is 1.73. The molecule has 0 bridgehead atoms. The largest absolute Gasteiger partial charge is 0.392 e. The number of nitrogens with zero attached hydrogens (tertiary/aromatic N) is 1. The summed E-state index contributed by atoms with van der Waals surface area (Å²) in [5.41, 5.74) is 5.09. The fraction of sp³-hybridized carbons (Fsp3) is 0.889. The second-order valence-electron chi connectivity index (χ2n) is 3.89. The Balaban J connectivity index is 2.44. The maximum Gasteiger partial charge on any atom is 0.231 e. The Kier molecular flexibility index (Phi) is 3.69. The van der Waals surface area contributed by atoms with Gasteiger partial charge in [0.25, 0.3) is 0 Å². The van der Waals surface area contributed by atoms with Crippen LogP contribution in [0.25, 0.3) is 0 Å². The summed E-state index contributed by atoms with van der Waals surface area (Å²) in [4.78, 5) is 12.6. The number of rotatable bonds is 2. The van der Waals surface area contributed by atoms with Crippen LogP contribution >= 0.6 is 0 Å². The van der Waals surface area contributed by atoms with E-state index < -0.39 is 0 Å². The van der Waals surface area contributed by atoms with Crippen molar-refractivity contribution in [3.63, 3.8) is 0 Å². The predicted molar refractivity (Wildman–Crippen MR) is 50.0 cm³/mol. The first-order chi connectivity index (χ1) is 6.09. The molecule has 0 saturated carbocycles. The zero-order valence-electron chi connectivity index (χ0n) is 8.07. The molecule has 1 aliphatic heterocycles. The van der Waals surface area contributed by atoms with Gasteiger partial charge < -0.3 is 10.8 Å². The van der Waals surface area contributed by atoms with Crippen LogP contribution in [0.15, 0.2) is 0 Å². The predicted octanol–water partition coefficient (Wildman–Crippen LogP) is -0.435. The molecule has 1 rings (SSSR count). The van der Waals surface area contributed by atoms with Crippen LogP contribution in [0.3, 0.4) is 0 Å². The Morgan fingerprint density at radius 1 is 1.69 bits per heavy atom. The van der Waals surface area contributed by atoms with Crippen LogP contribution in [0, 0.1) is 5.92 Å². The van der Waals surface area contributed by atoms with Gasteiger partial charge in [0.15, 0.2) is 0 Å². The average Bonchev–Trinajstić information content (AvgIpc) is 2.14. The summed E-state index contributed by atoms with van der Waals surface area (Å²) in [7, 11) is 0. The molecule has 1 fully saturated rings. The number of aliphatic hydroxyl groups excluding tert-OH is 1. The molecule has 1 saturated heterocycles. The zero-order chi connectivity index (χ0) is 9.84. The number of primary amides is 1. The van der Waals surface area contributed by atoms with Crippen molar-refractivity contribution in [3.05, 3.63) is 0 Å². The molecule has 0 aliphatic carbocycles. The minimum absolute atomic E-state index is 0.268. The van der Waals surface area contributed by atoms with E-state index in [1.807, 2.05) is 11.8 Å². The van der Waals surface area contributed by atoms with Crippen LogP contribution in [0.1, 0.15) is 19.8 Å². The molecule has 3 N–H and O–H groups in total. The van der Waals surface area contributed by atoms with Crippen LogP contribution in [-0.2, 0) is 4.79 Å². The van der Waals surface area contributed by atoms with E-state index >= 15 is 0 Å². The smallest absolute Gasteiger partial charge is 0.231 e. The van der Waals surface area contributed by atoms with Gasteiger partial charge in [-0.25, -0.2) is 0 Å². The second kappa shape index (κ2) is 4.58. The first-order valence-electron chi connectivity index (χ1n) is 4.78. The summed E-state index contributed by atoms with van der Waals surface area (Å²) in [6, 6.07) is 0. The first-order valence-corrected chi connectivity index (χ1v) is 4.78. The number of β-amino-alcohol motifs (C(OH)–C–C–N with tert-alkyl or cyclic N) is 1. The number of likely N-dealkylation sites (tertiary alicyclic amines) is 1. The lowest BCUT2D eigenvalue weighted by Gasteiger charge is -2.21. The quantitative estimate of drug-likeness (QED) is 0.614. The molecule has 13 heavy (non-hydrogen) atoms. The lowest BCUT2D eigenvalue weighted by atomic mass is 10.0. The number of carbonyl (C=O) groups is 1. The van der Waals surface area contributed by atoms with Gasteiger partial charge in [0.1, 0.15) is 0 Å². The number of amides is 1. The highest BCUT2D eigenvalue weighted by atomic mass is 16.3. The lowest BCUT2D eigenvalue weighted by molar-refractivity contribution is -0.119. The van der Waals surface area contributed by atoms with Crippen molar-refractivity contribution in [2.24, 2.45) is 11.7 Å². The van der Waals surface area contributed by atoms with Gasteiger partial charge in [-0.15, -0.1) is 0 Å². The SMILES string of the molecule is CC1CCCN(CC(N)=O)CC1O. The van der Waals surface area contributed by atoms with Crippen molar-refractivity contribution in [2.75, 3.05) is 19.6 Å². The van der Waals surface area contributed by atoms with Crippen LogP contribution in [-0.4, -0.2) is 41.7 Å². The third kappa shape index (κ3) is 3.32. The molecule has 76 valence electrons. The molecule has 0 aromatic rings. The molecular formula is C9H18N2O2. The third-order valence-electron chi connectivity index (χ3n) is 2.62. The third-order valence-corrected chi connectivity index (χ3v) is 2.62. The Labute approximate surface area is 78.7 Å². The number of aliphatic hydroxyl groups is 1. The Bertz CT molecular complexity index is 184. The highest BCUT2D eigenvalue weighted by Gasteiger charge is 2.22. The van der Waals surface area contributed by atoms with E-state index in [1.54, 1.807) is 0 Å². The molecule has 4 heteroatoms. The van der Waals surface area contributed by atoms with Crippen LogP contribution < -0.4 is 5.73 Å². The van der Waals surface area contributed by atoms with Crippen LogP contribution in [0.5, 0.6) is 0 Å². The van der Waals surface area contributed by atoms with E-state index in [9.17, 15) is 9.90 Å². The van der Waals surface area contributed by atoms with Gasteiger partial charge in [-0.2, -0.15) is 0 Å². The molecule has 1 amide bonds. The van der Waals surface area contributed by atoms with E-state index in [2.05, 4.69) is 0 Å². The van der Waals surface area contributed by atoms with Gasteiger partial charge in [0.05, 0.1) is 12.6 Å². The van der Waals surface area contributed by atoms with Crippen molar-refractivity contribution in [1.82, 2.24) is 4.90 Å². The summed E-state index contributed by atoms with van der Waals surface area (Å²) in [5, 5.41) is 9.65. The normalized spacial score (nSPS) is 31.2. The summed E-state index contributed by atoms with van der Waals surface area (Å²) in [5.74, 6) is 0.0135. The standard InChI is InChI=1S/C9H18N2O2/c1-7-3-2-4-11(5-8(7)12)6-9(10)13/h7-8,12H,2-6H2,1H3,(H2,10,13). The average molecular weight is 186 g/mol. The van der Waals surface area contributed by atoms with Crippen molar-refractivity contribution >= 4 is 5.91 Å². The van der Waals surface area contributed by atoms with Gasteiger partial charge in [0, 0.05) is 6.54 Å². The van der Waals surface area contributed by atoms with Gasteiger partial charge in [0.2, 0.25) is 5.91 Å². The van der Waals surface area contributed by atoms with Crippen molar-refractivity contribution < 1.29 is 9.90 Å². The molecule has 0 aromatic heterocycles. The van der Waals surface area contributed by atoms with Gasteiger partial charge in [-0.05, 0) is 25.3 Å². The minimum atomic E-state index is -0.318. The summed E-state index contributed by atoms with van der Waals surface area (Å²) >= 11 is 0. The maximum absolute atomic E-state index is 10.7. The summed E-state index contributed by atoms with van der Waals surface area (Å²) in [6.45, 7) is 3.75. The van der Waals surface area contributed by atoms with Crippen molar-refractivity contribution in [3.8, 4) is 0 Å². The number of hydrogen-bond acceptors (Lipinski definition) is 3. The summed E-state index contributed by atoms with van der Waals surface area (Å²) in [6.07, 6.45) is 1.74. The Morgan fingerprint density at radius 3 is 3.00 bits per heavy atom. The van der Waals surface area contributed by atoms with Gasteiger partial charge in [-0.3, -0.25) is 9.69 Å². The summed E-state index contributed by atoms with van der Waals surface area (Å²) < 4.78 is 0. The molecule has 2 atom stereocenters. The molecule has 1 aliphatic rings. The van der Waals surface area contributed by atoms with E-state index in [-0.39, 0.29) is 18.6 Å². The Morgan fingerprint density at radius 2 is 2.38 bits per heavy atom. The minimum Gasteiger partial charge on any atom is -0.392 e. The molecule has 0 aromatic carbocycles. The molecule has 4 nitrogen and oxygen atoms in total. The monoisotopic (exact) mass is 186 g/mol. The maximum atomic E-state index is 10.7. The molecular weight excluding hydrogens is 168 g/mol. The van der Waals surface area contributed by atoms with Gasteiger partial charge in [-0.1, -0.05) is 6.92 Å². The van der Waals surface area contributed by atoms with Crippen molar-refractivity contribution in [1.29, 1.82) is 0 Å². The molecule has 1 heterocycles. The van der Waals surface area contributed by atoms with E-state index in [1.165, 1.54) is 0 Å². The fourth-order valence-corrected chi connectivity index (χ4v) is 1.73. The van der Waals surface area contributed by atoms with Crippen LogP contribution in [0.4, 0.5) is 0 Å². The molecule has 0 radical (unpaired) electrons. The van der Waals surface area contributed by atoms with Crippen LogP contribution in [0.2, 0.25) is 0 Å². The number of hydrogen-bond donors (Lipinski definition) is 2. The van der Waals surface area contributed by atoms with E-state index in [4.69, 9.17) is 5.73 Å².